The predicted molar refractivity (Wildman–Crippen MR) is 84.8 cm³/mol. The molecular formula is C17H17F2N3O. The molecule has 1 aliphatic rings. The van der Waals surface area contributed by atoms with Gasteiger partial charge >= 0.3 is 0 Å². The molecule has 1 amide bonds. The molecule has 0 saturated heterocycles. The summed E-state index contributed by atoms with van der Waals surface area (Å²) in [6, 6.07) is 6.53. The molecule has 2 heterocycles. The lowest BCUT2D eigenvalue weighted by molar-refractivity contribution is 0.0958. The topological polar surface area (TPSA) is 54.0 Å². The third kappa shape index (κ3) is 3.02. The average molecular weight is 317 g/mol. The Morgan fingerprint density at radius 1 is 1.35 bits per heavy atom. The van der Waals surface area contributed by atoms with Gasteiger partial charge in [0.15, 0.2) is 0 Å². The van der Waals surface area contributed by atoms with Crippen LogP contribution in [0.1, 0.15) is 34.5 Å². The second-order valence-electron chi connectivity index (χ2n) is 5.44. The zero-order valence-electron chi connectivity index (χ0n) is 12.7. The van der Waals surface area contributed by atoms with Crippen LogP contribution in [0.5, 0.6) is 0 Å². The number of nitrogens with zero attached hydrogens (tertiary/aromatic N) is 1. The number of amides is 1. The zero-order chi connectivity index (χ0) is 16.4. The minimum absolute atomic E-state index is 0.0207. The van der Waals surface area contributed by atoms with E-state index in [1.807, 2.05) is 0 Å². The van der Waals surface area contributed by atoms with Crippen molar-refractivity contribution < 1.29 is 13.6 Å². The lowest BCUT2D eigenvalue weighted by atomic mass is 9.93. The largest absolute Gasteiger partial charge is 0.385 e. The molecule has 0 fully saturated rings. The highest BCUT2D eigenvalue weighted by atomic mass is 19.3. The maximum atomic E-state index is 13.4. The minimum Gasteiger partial charge on any atom is -0.385 e. The van der Waals surface area contributed by atoms with Gasteiger partial charge in [-0.15, -0.1) is 0 Å². The Morgan fingerprint density at radius 2 is 2.17 bits per heavy atom. The first kappa shape index (κ1) is 15.4. The highest BCUT2D eigenvalue weighted by Gasteiger charge is 2.20. The number of fused-ring (bicyclic) bond motifs is 1. The van der Waals surface area contributed by atoms with E-state index in [-0.39, 0.29) is 17.2 Å². The van der Waals surface area contributed by atoms with Crippen molar-refractivity contribution in [1.29, 1.82) is 0 Å². The van der Waals surface area contributed by atoms with Crippen molar-refractivity contribution >= 4 is 11.6 Å². The summed E-state index contributed by atoms with van der Waals surface area (Å²) in [6.07, 6.45) is 0.739. The van der Waals surface area contributed by atoms with Gasteiger partial charge in [0.1, 0.15) is 5.69 Å². The smallest absolute Gasteiger partial charge is 0.269 e. The molecule has 0 aliphatic carbocycles. The number of aryl methyl sites for hydroxylation is 1. The molecule has 4 nitrogen and oxygen atoms in total. The molecule has 0 saturated carbocycles. The standard InChI is InChI=1S/C17H17F2N3O/c1-20-17(23)14-5-4-11(9-22-14)12-7-10-3-2-6-21-15(10)8-13(12)16(18)19/h4-5,7-9,16,21H,2-3,6H2,1H3,(H,20,23). The van der Waals surface area contributed by atoms with E-state index in [0.717, 1.165) is 30.6 Å². The molecule has 2 aromatic rings. The van der Waals surface area contributed by atoms with Crippen LogP contribution in [0, 0.1) is 0 Å². The van der Waals surface area contributed by atoms with E-state index in [9.17, 15) is 13.6 Å². The van der Waals surface area contributed by atoms with Gasteiger partial charge in [-0.05, 0) is 42.2 Å². The minimum atomic E-state index is -2.57. The van der Waals surface area contributed by atoms with Gasteiger partial charge in [-0.2, -0.15) is 0 Å². The number of carbonyl (C=O) groups is 1. The van der Waals surface area contributed by atoms with Gasteiger partial charge in [0, 0.05) is 36.6 Å². The molecule has 2 N–H and O–H groups in total. The lowest BCUT2D eigenvalue weighted by Crippen LogP contribution is -2.18. The average Bonchev–Trinajstić information content (AvgIpc) is 2.60. The maximum absolute atomic E-state index is 13.4. The Balaban J connectivity index is 2.05. The van der Waals surface area contributed by atoms with Gasteiger partial charge < -0.3 is 10.6 Å². The highest BCUT2D eigenvalue weighted by molar-refractivity contribution is 5.92. The fraction of sp³-hybridized carbons (Fsp3) is 0.294. The third-order valence-electron chi connectivity index (χ3n) is 3.98. The Morgan fingerprint density at radius 3 is 2.83 bits per heavy atom. The van der Waals surface area contributed by atoms with Crippen LogP contribution < -0.4 is 10.6 Å². The van der Waals surface area contributed by atoms with Crippen molar-refractivity contribution in [3.05, 3.63) is 47.3 Å². The summed E-state index contributed by atoms with van der Waals surface area (Å²) in [6.45, 7) is 0.803. The van der Waals surface area contributed by atoms with Crippen LogP contribution in [-0.2, 0) is 6.42 Å². The number of carbonyl (C=O) groups excluding carboxylic acids is 1. The molecule has 0 bridgehead atoms. The summed E-state index contributed by atoms with van der Waals surface area (Å²) in [4.78, 5) is 15.6. The van der Waals surface area contributed by atoms with Crippen LogP contribution in [0.4, 0.5) is 14.5 Å². The van der Waals surface area contributed by atoms with E-state index in [0.29, 0.717) is 11.1 Å². The summed E-state index contributed by atoms with van der Waals surface area (Å²) in [5.74, 6) is -0.305. The number of hydrogen-bond donors (Lipinski definition) is 2. The summed E-state index contributed by atoms with van der Waals surface area (Å²) in [7, 11) is 1.52. The second-order valence-corrected chi connectivity index (χ2v) is 5.44. The van der Waals surface area contributed by atoms with E-state index in [1.165, 1.54) is 19.3 Å². The number of benzene rings is 1. The van der Waals surface area contributed by atoms with Crippen LogP contribution >= 0.6 is 0 Å². The number of alkyl halides is 2. The number of halogens is 2. The van der Waals surface area contributed by atoms with Crippen LogP contribution in [0.3, 0.4) is 0 Å². The quantitative estimate of drug-likeness (QED) is 0.912. The van der Waals surface area contributed by atoms with Gasteiger partial charge in [0.2, 0.25) is 0 Å². The molecule has 0 spiro atoms. The van der Waals surface area contributed by atoms with E-state index in [2.05, 4.69) is 15.6 Å². The van der Waals surface area contributed by atoms with Crippen LogP contribution in [0.25, 0.3) is 11.1 Å². The summed E-state index contributed by atoms with van der Waals surface area (Å²) in [5, 5.41) is 5.65. The van der Waals surface area contributed by atoms with Gasteiger partial charge in [-0.1, -0.05) is 6.07 Å². The summed E-state index contributed by atoms with van der Waals surface area (Å²) >= 11 is 0. The molecule has 23 heavy (non-hydrogen) atoms. The van der Waals surface area contributed by atoms with Gasteiger partial charge in [-0.25, -0.2) is 8.78 Å². The SMILES string of the molecule is CNC(=O)c1ccc(-c2cc3c(cc2C(F)F)NCCC3)cn1. The van der Waals surface area contributed by atoms with Crippen molar-refractivity contribution in [1.82, 2.24) is 10.3 Å². The van der Waals surface area contributed by atoms with Crippen LogP contribution in [-0.4, -0.2) is 24.5 Å². The third-order valence-corrected chi connectivity index (χ3v) is 3.98. The molecular weight excluding hydrogens is 300 g/mol. The maximum Gasteiger partial charge on any atom is 0.269 e. The number of aromatic nitrogens is 1. The van der Waals surface area contributed by atoms with E-state index in [1.54, 1.807) is 18.2 Å². The first-order valence-corrected chi connectivity index (χ1v) is 7.47. The number of rotatable bonds is 3. The lowest BCUT2D eigenvalue weighted by Gasteiger charge is -2.21. The summed E-state index contributed by atoms with van der Waals surface area (Å²) < 4.78 is 26.9. The van der Waals surface area contributed by atoms with E-state index < -0.39 is 6.43 Å². The van der Waals surface area contributed by atoms with Crippen molar-refractivity contribution in [2.45, 2.75) is 19.3 Å². The first-order valence-electron chi connectivity index (χ1n) is 7.47. The van der Waals surface area contributed by atoms with Gasteiger partial charge in [-0.3, -0.25) is 9.78 Å². The van der Waals surface area contributed by atoms with Gasteiger partial charge in [0.25, 0.3) is 12.3 Å². The fourth-order valence-corrected chi connectivity index (χ4v) is 2.78. The van der Waals surface area contributed by atoms with Gasteiger partial charge in [0.05, 0.1) is 0 Å². The van der Waals surface area contributed by atoms with Crippen LogP contribution in [0.2, 0.25) is 0 Å². The van der Waals surface area contributed by atoms with Crippen molar-refractivity contribution in [3.63, 3.8) is 0 Å². The Kier molecular flexibility index (Phi) is 4.23. The predicted octanol–water partition coefficient (Wildman–Crippen LogP) is 3.40. The monoisotopic (exact) mass is 317 g/mol. The number of hydrogen-bond acceptors (Lipinski definition) is 3. The van der Waals surface area contributed by atoms with E-state index >= 15 is 0 Å². The molecule has 120 valence electrons. The molecule has 3 rings (SSSR count). The Labute approximate surface area is 132 Å². The zero-order valence-corrected chi connectivity index (χ0v) is 12.7. The number of nitrogens with one attached hydrogen (secondary N) is 2. The Hall–Kier alpha value is -2.50. The fourth-order valence-electron chi connectivity index (χ4n) is 2.78. The molecule has 0 radical (unpaired) electrons. The molecule has 6 heteroatoms. The van der Waals surface area contributed by atoms with Crippen molar-refractivity contribution in [3.8, 4) is 11.1 Å². The number of pyridine rings is 1. The van der Waals surface area contributed by atoms with Crippen LogP contribution in [0.15, 0.2) is 30.5 Å². The first-order chi connectivity index (χ1) is 11.1. The molecule has 0 atom stereocenters. The molecule has 1 aromatic heterocycles. The molecule has 0 unspecified atom stereocenters. The van der Waals surface area contributed by atoms with Crippen molar-refractivity contribution in [2.24, 2.45) is 0 Å². The second kappa shape index (κ2) is 6.32. The normalized spacial score (nSPS) is 13.4. The van der Waals surface area contributed by atoms with E-state index in [4.69, 9.17) is 0 Å². The Bertz CT molecular complexity index is 729. The molecule has 1 aromatic carbocycles. The van der Waals surface area contributed by atoms with Crippen molar-refractivity contribution in [2.75, 3.05) is 18.9 Å². The summed E-state index contributed by atoms with van der Waals surface area (Å²) in [5.41, 5.74) is 3.11. The highest BCUT2D eigenvalue weighted by Crippen LogP contribution is 2.36. The molecule has 1 aliphatic heterocycles. The number of anilines is 1.